The number of imidazole rings is 1. The topological polar surface area (TPSA) is 103 Å². The summed E-state index contributed by atoms with van der Waals surface area (Å²) in [6, 6.07) is 11.0. The zero-order valence-electron chi connectivity index (χ0n) is 26.3. The monoisotopic (exact) mass is 601 g/mol. The molecule has 3 saturated heterocycles. The Bertz CT molecular complexity index is 1420. The molecule has 1 aromatic carbocycles. The second-order valence-electron chi connectivity index (χ2n) is 12.4. The number of nitrogens with one attached hydrogen (secondary N) is 1. The quantitative estimate of drug-likeness (QED) is 0.356. The first-order valence-electron chi connectivity index (χ1n) is 16.6. The lowest BCUT2D eigenvalue weighted by molar-refractivity contribution is -0.135. The van der Waals surface area contributed by atoms with Gasteiger partial charge in [-0.1, -0.05) is 30.3 Å². The van der Waals surface area contributed by atoms with Gasteiger partial charge in [-0.3, -0.25) is 14.5 Å². The van der Waals surface area contributed by atoms with E-state index in [1.165, 1.54) is 5.56 Å². The van der Waals surface area contributed by atoms with E-state index in [9.17, 15) is 9.59 Å². The summed E-state index contributed by atoms with van der Waals surface area (Å²) in [6.07, 6.45) is 7.26. The number of carbonyl (C=O) groups excluding carboxylic acids is 2. The highest BCUT2D eigenvalue weighted by Gasteiger charge is 2.31. The Balaban J connectivity index is 1.21. The normalized spacial score (nSPS) is 20.0. The van der Waals surface area contributed by atoms with Crippen molar-refractivity contribution in [3.8, 4) is 0 Å². The van der Waals surface area contributed by atoms with E-state index >= 15 is 0 Å². The zero-order chi connectivity index (χ0) is 30.5. The fourth-order valence-corrected chi connectivity index (χ4v) is 6.93. The van der Waals surface area contributed by atoms with Crippen LogP contribution in [0.25, 0.3) is 11.2 Å². The minimum atomic E-state index is -0.0561. The maximum Gasteiger partial charge on any atom is 0.229 e. The number of hydrogen-bond donors (Lipinski definition) is 1. The van der Waals surface area contributed by atoms with E-state index in [-0.39, 0.29) is 17.7 Å². The second kappa shape index (κ2) is 13.9. The highest BCUT2D eigenvalue weighted by Crippen LogP contribution is 2.29. The third kappa shape index (κ3) is 6.82. The van der Waals surface area contributed by atoms with Crippen molar-refractivity contribution in [1.82, 2.24) is 34.2 Å². The molecule has 0 spiro atoms. The third-order valence-electron chi connectivity index (χ3n) is 9.54. The van der Waals surface area contributed by atoms with Gasteiger partial charge in [-0.2, -0.15) is 9.97 Å². The number of rotatable bonds is 11. The Labute approximate surface area is 260 Å². The summed E-state index contributed by atoms with van der Waals surface area (Å²) in [6.45, 7) is 12.1. The van der Waals surface area contributed by atoms with Crippen LogP contribution in [0.1, 0.15) is 57.9 Å². The number of fused-ring (bicyclic) bond motifs is 1. The summed E-state index contributed by atoms with van der Waals surface area (Å²) in [5, 5.41) is 3.76. The van der Waals surface area contributed by atoms with Gasteiger partial charge in [0.05, 0.1) is 12.2 Å². The summed E-state index contributed by atoms with van der Waals surface area (Å²) in [5.74, 6) is 1.81. The van der Waals surface area contributed by atoms with E-state index in [4.69, 9.17) is 15.0 Å². The first kappa shape index (κ1) is 30.3. The van der Waals surface area contributed by atoms with Crippen LogP contribution in [-0.4, -0.2) is 104 Å². The smallest absolute Gasteiger partial charge is 0.229 e. The number of benzene rings is 1. The summed E-state index contributed by atoms with van der Waals surface area (Å²) >= 11 is 0. The lowest BCUT2D eigenvalue weighted by Crippen LogP contribution is -2.45. The summed E-state index contributed by atoms with van der Waals surface area (Å²) in [7, 11) is 0. The van der Waals surface area contributed by atoms with Crippen LogP contribution in [0.2, 0.25) is 0 Å². The average molecular weight is 602 g/mol. The van der Waals surface area contributed by atoms with Crippen molar-refractivity contribution in [1.29, 1.82) is 0 Å². The van der Waals surface area contributed by atoms with Gasteiger partial charge < -0.3 is 24.6 Å². The molecule has 1 N–H and O–H groups in total. The van der Waals surface area contributed by atoms with Crippen LogP contribution in [0.3, 0.4) is 0 Å². The Morgan fingerprint density at radius 3 is 2.50 bits per heavy atom. The third-order valence-corrected chi connectivity index (χ3v) is 9.54. The molecule has 2 aromatic heterocycles. The molecule has 3 aliphatic heterocycles. The van der Waals surface area contributed by atoms with Crippen LogP contribution in [0.4, 0.5) is 11.8 Å². The van der Waals surface area contributed by atoms with Crippen molar-refractivity contribution in [3.63, 3.8) is 0 Å². The number of amides is 2. The van der Waals surface area contributed by atoms with Crippen molar-refractivity contribution in [2.75, 3.05) is 62.6 Å². The van der Waals surface area contributed by atoms with Crippen molar-refractivity contribution in [2.24, 2.45) is 5.92 Å². The van der Waals surface area contributed by atoms with Gasteiger partial charge in [-0.25, -0.2) is 4.98 Å². The molecule has 0 aliphatic carbocycles. The van der Waals surface area contributed by atoms with E-state index in [1.54, 1.807) is 0 Å². The molecule has 5 heterocycles. The molecule has 3 aliphatic rings. The van der Waals surface area contributed by atoms with Gasteiger partial charge in [0.25, 0.3) is 0 Å². The van der Waals surface area contributed by atoms with Crippen LogP contribution in [0.5, 0.6) is 0 Å². The zero-order valence-corrected chi connectivity index (χ0v) is 26.3. The molecule has 0 bridgehead atoms. The molecule has 11 nitrogen and oxygen atoms in total. The predicted octanol–water partition coefficient (Wildman–Crippen LogP) is 3.61. The van der Waals surface area contributed by atoms with Crippen molar-refractivity contribution in [3.05, 3.63) is 42.2 Å². The van der Waals surface area contributed by atoms with E-state index in [0.29, 0.717) is 38.0 Å². The van der Waals surface area contributed by atoms with Crippen molar-refractivity contribution in [2.45, 2.75) is 71.5 Å². The molecule has 2 amide bonds. The second-order valence-corrected chi connectivity index (χ2v) is 12.4. The summed E-state index contributed by atoms with van der Waals surface area (Å²) in [5.41, 5.74) is 2.89. The lowest BCUT2D eigenvalue weighted by Gasteiger charge is -2.35. The van der Waals surface area contributed by atoms with Gasteiger partial charge in [0.15, 0.2) is 17.0 Å². The van der Waals surface area contributed by atoms with Gasteiger partial charge in [-0.05, 0) is 51.5 Å². The fraction of sp³-hybridized carbons (Fsp3) is 0.606. The van der Waals surface area contributed by atoms with E-state index in [2.05, 4.69) is 50.0 Å². The standard InChI is InChI=1S/C33H47N9O2/c1-3-39(4-2)32(44)26-12-8-17-41(23-26)33-36-30(35-27-14-18-38(19-15-27)22-25-10-6-5-7-11-25)29-31(37-33)42(24-34-29)21-20-40-16-9-13-28(40)43/h5-7,10-11,24,26-27H,3-4,8-9,12-23H2,1-2H3,(H,35,36,37). The van der Waals surface area contributed by atoms with Crippen LogP contribution in [-0.2, 0) is 22.7 Å². The Hall–Kier alpha value is -3.73. The molecular formula is C33H47N9O2. The van der Waals surface area contributed by atoms with Crippen LogP contribution >= 0.6 is 0 Å². The minimum Gasteiger partial charge on any atom is -0.365 e. The fourth-order valence-electron chi connectivity index (χ4n) is 6.93. The number of nitrogens with zero attached hydrogens (tertiary/aromatic N) is 8. The molecule has 3 aromatic rings. The molecule has 11 heteroatoms. The summed E-state index contributed by atoms with van der Waals surface area (Å²) < 4.78 is 2.06. The molecule has 0 radical (unpaired) electrons. The first-order chi connectivity index (χ1) is 21.5. The van der Waals surface area contributed by atoms with Gasteiger partial charge in [0.1, 0.15) is 0 Å². The van der Waals surface area contributed by atoms with Crippen LogP contribution in [0, 0.1) is 5.92 Å². The Morgan fingerprint density at radius 1 is 0.977 bits per heavy atom. The van der Waals surface area contributed by atoms with E-state index in [1.807, 2.05) is 30.0 Å². The number of carbonyl (C=O) groups is 2. The SMILES string of the molecule is CCN(CC)C(=O)C1CCCN(c2nc(NC3CCN(Cc4ccccc4)CC3)c3ncn(CCN4CCCC4=O)c3n2)C1. The van der Waals surface area contributed by atoms with Crippen molar-refractivity contribution < 1.29 is 9.59 Å². The highest BCUT2D eigenvalue weighted by atomic mass is 16.2. The maximum atomic E-state index is 13.3. The van der Waals surface area contributed by atoms with E-state index in [0.717, 1.165) is 94.9 Å². The molecule has 1 unspecified atom stereocenters. The predicted molar refractivity (Wildman–Crippen MR) is 172 cm³/mol. The minimum absolute atomic E-state index is 0.0561. The number of aromatic nitrogens is 4. The largest absolute Gasteiger partial charge is 0.365 e. The van der Waals surface area contributed by atoms with Gasteiger partial charge in [-0.15, -0.1) is 0 Å². The number of likely N-dealkylation sites (tertiary alicyclic amines) is 2. The molecule has 44 heavy (non-hydrogen) atoms. The van der Waals surface area contributed by atoms with Gasteiger partial charge in [0.2, 0.25) is 17.8 Å². The first-order valence-corrected chi connectivity index (χ1v) is 16.6. The molecule has 6 rings (SSSR count). The van der Waals surface area contributed by atoms with Crippen LogP contribution in [0.15, 0.2) is 36.7 Å². The number of anilines is 2. The average Bonchev–Trinajstić information content (AvgIpc) is 3.67. The molecule has 3 fully saturated rings. The Morgan fingerprint density at radius 2 is 1.77 bits per heavy atom. The molecular weight excluding hydrogens is 554 g/mol. The molecule has 1 atom stereocenters. The van der Waals surface area contributed by atoms with E-state index < -0.39 is 0 Å². The Kier molecular flexibility index (Phi) is 9.59. The van der Waals surface area contributed by atoms with Crippen molar-refractivity contribution >= 4 is 34.7 Å². The highest BCUT2D eigenvalue weighted by molar-refractivity contribution is 5.85. The number of piperidine rings is 2. The van der Waals surface area contributed by atoms with Crippen LogP contribution < -0.4 is 10.2 Å². The van der Waals surface area contributed by atoms with Gasteiger partial charge in [0, 0.05) is 77.9 Å². The van der Waals surface area contributed by atoms with Gasteiger partial charge >= 0.3 is 0 Å². The summed E-state index contributed by atoms with van der Waals surface area (Å²) in [4.78, 5) is 49.0. The number of hydrogen-bond acceptors (Lipinski definition) is 8. The molecule has 0 saturated carbocycles. The molecule has 236 valence electrons. The lowest BCUT2D eigenvalue weighted by atomic mass is 9.96. The maximum absolute atomic E-state index is 13.3.